The first-order chi connectivity index (χ1) is 10.7. The Balaban J connectivity index is 1.92. The number of aromatic nitrogens is 1. The topological polar surface area (TPSA) is 54.6 Å². The molecular formula is C18H17NO3. The van der Waals surface area contributed by atoms with Gasteiger partial charge in [-0.25, -0.2) is 0 Å². The molecule has 22 heavy (non-hydrogen) atoms. The number of epoxide rings is 1. The molecule has 1 fully saturated rings. The highest BCUT2D eigenvalue weighted by atomic mass is 16.6. The number of aromatic amines is 1. The highest BCUT2D eigenvalue weighted by Gasteiger charge is 2.27. The van der Waals surface area contributed by atoms with E-state index in [0.29, 0.717) is 17.9 Å². The number of benzene rings is 1. The summed E-state index contributed by atoms with van der Waals surface area (Å²) in [6, 6.07) is 7.17. The number of H-pyrrole nitrogens is 1. The Morgan fingerprint density at radius 1 is 1.41 bits per heavy atom. The van der Waals surface area contributed by atoms with Crippen LogP contribution < -0.4 is 10.3 Å². The quantitative estimate of drug-likeness (QED) is 0.657. The molecule has 1 aliphatic heterocycles. The Bertz CT molecular complexity index is 813. The number of fused-ring (bicyclic) bond motifs is 1. The van der Waals surface area contributed by atoms with E-state index in [9.17, 15) is 4.79 Å². The third-order valence-corrected chi connectivity index (χ3v) is 3.45. The number of hydrogen-bond acceptors (Lipinski definition) is 3. The normalized spacial score (nSPS) is 16.8. The largest absolute Gasteiger partial charge is 0.487 e. The Labute approximate surface area is 128 Å². The zero-order valence-electron chi connectivity index (χ0n) is 12.2. The molecule has 2 aromatic rings. The summed E-state index contributed by atoms with van der Waals surface area (Å²) >= 11 is 0. The van der Waals surface area contributed by atoms with Gasteiger partial charge in [-0.05, 0) is 23.3 Å². The summed E-state index contributed by atoms with van der Waals surface area (Å²) in [6.45, 7) is 8.59. The Kier molecular flexibility index (Phi) is 3.94. The lowest BCUT2D eigenvalue weighted by atomic mass is 10.1. The predicted octanol–water partition coefficient (Wildman–Crippen LogP) is 3.28. The molecule has 1 aliphatic rings. The molecule has 1 atom stereocenters. The van der Waals surface area contributed by atoms with E-state index < -0.39 is 0 Å². The lowest BCUT2D eigenvalue weighted by Gasteiger charge is -2.11. The zero-order chi connectivity index (χ0) is 15.5. The second kappa shape index (κ2) is 6.03. The standard InChI is InChI=1S/C18H17NO3/c1-3-4-5-12(2)10-21-15-8-6-13(16-11-22-16)14-7-9-17(20)19-18(14)15/h3-9,16H,1-2,10-11H2,(H,19,20)/b5-4-. The third kappa shape index (κ3) is 3.02. The van der Waals surface area contributed by atoms with Crippen LogP contribution in [0, 0.1) is 0 Å². The number of rotatable bonds is 6. The van der Waals surface area contributed by atoms with E-state index in [0.717, 1.165) is 23.1 Å². The molecule has 112 valence electrons. The van der Waals surface area contributed by atoms with Gasteiger partial charge in [-0.3, -0.25) is 4.79 Å². The molecule has 2 heterocycles. The third-order valence-electron chi connectivity index (χ3n) is 3.45. The van der Waals surface area contributed by atoms with Crippen LogP contribution in [0.2, 0.25) is 0 Å². The maximum absolute atomic E-state index is 11.6. The van der Waals surface area contributed by atoms with E-state index in [1.807, 2.05) is 24.3 Å². The van der Waals surface area contributed by atoms with Gasteiger partial charge in [0.1, 0.15) is 18.5 Å². The van der Waals surface area contributed by atoms with Crippen LogP contribution in [0.1, 0.15) is 11.7 Å². The monoisotopic (exact) mass is 295 g/mol. The van der Waals surface area contributed by atoms with Crippen LogP contribution in [0.25, 0.3) is 10.9 Å². The summed E-state index contributed by atoms with van der Waals surface area (Å²) in [5.74, 6) is 0.630. The zero-order valence-corrected chi connectivity index (χ0v) is 12.2. The summed E-state index contributed by atoms with van der Waals surface area (Å²) < 4.78 is 11.1. The molecule has 4 heteroatoms. The van der Waals surface area contributed by atoms with Gasteiger partial charge < -0.3 is 14.5 Å². The van der Waals surface area contributed by atoms with Crippen LogP contribution in [0.5, 0.6) is 5.75 Å². The SMILES string of the molecule is C=C/C=C\C(=C)COc1ccc(C2CO2)c2ccc(=O)[nH]c12. The van der Waals surface area contributed by atoms with Gasteiger partial charge in [0.05, 0.1) is 12.1 Å². The van der Waals surface area contributed by atoms with Gasteiger partial charge >= 0.3 is 0 Å². The molecule has 0 aliphatic carbocycles. The number of pyridine rings is 1. The van der Waals surface area contributed by atoms with Crippen LogP contribution in [0.3, 0.4) is 0 Å². The molecule has 1 saturated heterocycles. The van der Waals surface area contributed by atoms with Crippen LogP contribution in [-0.2, 0) is 4.74 Å². The van der Waals surface area contributed by atoms with Gasteiger partial charge in [-0.2, -0.15) is 0 Å². The maximum Gasteiger partial charge on any atom is 0.248 e. The van der Waals surface area contributed by atoms with Gasteiger partial charge in [0.15, 0.2) is 0 Å². The lowest BCUT2D eigenvalue weighted by molar-refractivity contribution is 0.359. The van der Waals surface area contributed by atoms with Crippen molar-refractivity contribution < 1.29 is 9.47 Å². The van der Waals surface area contributed by atoms with E-state index in [1.165, 1.54) is 6.07 Å². The van der Waals surface area contributed by atoms with Gasteiger partial charge in [0, 0.05) is 11.5 Å². The summed E-state index contributed by atoms with van der Waals surface area (Å²) in [5.41, 5.74) is 2.43. The van der Waals surface area contributed by atoms with E-state index in [-0.39, 0.29) is 11.7 Å². The van der Waals surface area contributed by atoms with E-state index in [4.69, 9.17) is 9.47 Å². The average molecular weight is 295 g/mol. The van der Waals surface area contributed by atoms with Gasteiger partial charge in [0.2, 0.25) is 5.56 Å². The average Bonchev–Trinajstić information content (AvgIpc) is 3.35. The minimum absolute atomic E-state index is 0.118. The molecular weight excluding hydrogens is 278 g/mol. The van der Waals surface area contributed by atoms with Crippen molar-refractivity contribution in [1.82, 2.24) is 4.98 Å². The van der Waals surface area contributed by atoms with E-state index >= 15 is 0 Å². The smallest absolute Gasteiger partial charge is 0.248 e. The molecule has 1 aromatic heterocycles. The Hall–Kier alpha value is -2.59. The summed E-state index contributed by atoms with van der Waals surface area (Å²) in [7, 11) is 0. The number of hydrogen-bond donors (Lipinski definition) is 1. The number of nitrogens with one attached hydrogen (secondary N) is 1. The van der Waals surface area contributed by atoms with Crippen molar-refractivity contribution in [1.29, 1.82) is 0 Å². The molecule has 3 rings (SSSR count). The van der Waals surface area contributed by atoms with Gasteiger partial charge in [0.25, 0.3) is 0 Å². The molecule has 1 aromatic carbocycles. The summed E-state index contributed by atoms with van der Waals surface area (Å²) in [4.78, 5) is 14.5. The van der Waals surface area contributed by atoms with E-state index in [2.05, 4.69) is 18.1 Å². The Morgan fingerprint density at radius 3 is 2.95 bits per heavy atom. The number of allylic oxidation sites excluding steroid dienone is 2. The first-order valence-electron chi connectivity index (χ1n) is 7.06. The summed E-state index contributed by atoms with van der Waals surface area (Å²) in [6.07, 6.45) is 5.44. The highest BCUT2D eigenvalue weighted by Crippen LogP contribution is 2.37. The Morgan fingerprint density at radius 2 is 2.23 bits per heavy atom. The van der Waals surface area contributed by atoms with Crippen LogP contribution in [0.4, 0.5) is 0 Å². The van der Waals surface area contributed by atoms with Crippen LogP contribution in [-0.4, -0.2) is 18.2 Å². The first-order valence-corrected chi connectivity index (χ1v) is 7.06. The second-order valence-electron chi connectivity index (χ2n) is 5.13. The molecule has 0 radical (unpaired) electrons. The maximum atomic E-state index is 11.6. The molecule has 0 bridgehead atoms. The predicted molar refractivity (Wildman–Crippen MR) is 87.2 cm³/mol. The van der Waals surface area contributed by atoms with Gasteiger partial charge in [-0.1, -0.05) is 37.5 Å². The molecule has 0 spiro atoms. The molecule has 1 N–H and O–H groups in total. The van der Waals surface area contributed by atoms with Gasteiger partial charge in [-0.15, -0.1) is 0 Å². The summed E-state index contributed by atoms with van der Waals surface area (Å²) in [5, 5.41) is 0.951. The minimum Gasteiger partial charge on any atom is -0.487 e. The fourth-order valence-electron chi connectivity index (χ4n) is 2.30. The second-order valence-corrected chi connectivity index (χ2v) is 5.13. The van der Waals surface area contributed by atoms with Crippen molar-refractivity contribution >= 4 is 10.9 Å². The molecule has 4 nitrogen and oxygen atoms in total. The van der Waals surface area contributed by atoms with Crippen molar-refractivity contribution in [2.75, 3.05) is 13.2 Å². The fraction of sp³-hybridized carbons (Fsp3) is 0.167. The van der Waals surface area contributed by atoms with Crippen molar-refractivity contribution in [2.45, 2.75) is 6.10 Å². The molecule has 0 amide bonds. The van der Waals surface area contributed by atoms with E-state index in [1.54, 1.807) is 12.2 Å². The molecule has 0 saturated carbocycles. The fourth-order valence-corrected chi connectivity index (χ4v) is 2.30. The van der Waals surface area contributed by atoms with Crippen molar-refractivity contribution in [3.63, 3.8) is 0 Å². The number of ether oxygens (including phenoxy) is 2. The van der Waals surface area contributed by atoms with Crippen LogP contribution in [0.15, 0.2) is 66.0 Å². The van der Waals surface area contributed by atoms with Crippen molar-refractivity contribution in [3.05, 3.63) is 77.1 Å². The lowest BCUT2D eigenvalue weighted by Crippen LogP contribution is -2.06. The highest BCUT2D eigenvalue weighted by molar-refractivity contribution is 5.88. The minimum atomic E-state index is -0.156. The van der Waals surface area contributed by atoms with Crippen molar-refractivity contribution in [2.24, 2.45) is 0 Å². The molecule has 1 unspecified atom stereocenters. The van der Waals surface area contributed by atoms with Crippen molar-refractivity contribution in [3.8, 4) is 5.75 Å². The first kappa shape index (κ1) is 14.4. The van der Waals surface area contributed by atoms with Crippen LogP contribution >= 0.6 is 0 Å².